The molecule has 0 saturated heterocycles. The maximum absolute atomic E-state index is 11.5. The summed E-state index contributed by atoms with van der Waals surface area (Å²) in [4.78, 5) is 12.8. The van der Waals surface area contributed by atoms with Crippen LogP contribution in [0.15, 0.2) is 0 Å². The Balaban J connectivity index is 4.33. The minimum Gasteiger partial charge on any atom is -0.444 e. The van der Waals surface area contributed by atoms with E-state index in [4.69, 9.17) is 15.9 Å². The molecular weight excluding hydrogens is 182 g/mol. The van der Waals surface area contributed by atoms with Crippen molar-refractivity contribution in [1.29, 1.82) is 5.41 Å². The summed E-state index contributed by atoms with van der Waals surface area (Å²) in [5.74, 6) is -0.0571. The molecule has 0 spiro atoms. The van der Waals surface area contributed by atoms with E-state index in [2.05, 4.69) is 0 Å². The molecule has 82 valence electrons. The zero-order chi connectivity index (χ0) is 11.5. The highest BCUT2D eigenvalue weighted by molar-refractivity contribution is 5.85. The fraction of sp³-hybridized carbons (Fsp3) is 0.778. The third kappa shape index (κ3) is 4.11. The second kappa shape index (κ2) is 4.30. The van der Waals surface area contributed by atoms with Crippen molar-refractivity contribution >= 4 is 11.9 Å². The van der Waals surface area contributed by atoms with Crippen molar-refractivity contribution < 1.29 is 9.53 Å². The Bertz CT molecular complexity index is 233. The maximum Gasteiger partial charge on any atom is 0.410 e. The first-order valence-electron chi connectivity index (χ1n) is 4.45. The molecule has 0 aromatic rings. The Morgan fingerprint density at radius 3 is 2.21 bits per heavy atom. The van der Waals surface area contributed by atoms with Gasteiger partial charge in [-0.3, -0.25) is 5.41 Å². The fourth-order valence-electron chi connectivity index (χ4n) is 0.701. The molecule has 14 heavy (non-hydrogen) atoms. The quantitative estimate of drug-likeness (QED) is 0.520. The van der Waals surface area contributed by atoms with Crippen LogP contribution in [0.4, 0.5) is 4.79 Å². The lowest BCUT2D eigenvalue weighted by molar-refractivity contribution is 0.0276. The predicted octanol–water partition coefficient (Wildman–Crippen LogP) is 1.18. The van der Waals surface area contributed by atoms with Gasteiger partial charge in [0.1, 0.15) is 11.4 Å². The van der Waals surface area contributed by atoms with Crippen LogP contribution in [0, 0.1) is 5.41 Å². The van der Waals surface area contributed by atoms with Crippen molar-refractivity contribution in [2.75, 3.05) is 7.05 Å². The standard InChI is InChI=1S/C9H19N3O2/c1-6(7(10)11)12(5)8(13)14-9(2,3)4/h6H,1-5H3,(H3,10,11). The monoisotopic (exact) mass is 201 g/mol. The van der Waals surface area contributed by atoms with Crippen LogP contribution in [-0.2, 0) is 4.74 Å². The molecule has 0 fully saturated rings. The van der Waals surface area contributed by atoms with Crippen molar-refractivity contribution in [1.82, 2.24) is 4.90 Å². The summed E-state index contributed by atoms with van der Waals surface area (Å²) in [6, 6.07) is -0.440. The number of carbonyl (C=O) groups is 1. The van der Waals surface area contributed by atoms with E-state index in [1.807, 2.05) is 0 Å². The number of rotatable bonds is 2. The predicted molar refractivity (Wildman–Crippen MR) is 55.4 cm³/mol. The first-order valence-corrected chi connectivity index (χ1v) is 4.45. The van der Waals surface area contributed by atoms with E-state index in [-0.39, 0.29) is 5.84 Å². The van der Waals surface area contributed by atoms with Gasteiger partial charge in [0.2, 0.25) is 0 Å². The largest absolute Gasteiger partial charge is 0.444 e. The number of nitrogens with two attached hydrogens (primary N) is 1. The van der Waals surface area contributed by atoms with Crippen molar-refractivity contribution in [2.24, 2.45) is 5.73 Å². The van der Waals surface area contributed by atoms with E-state index in [1.54, 1.807) is 34.7 Å². The molecule has 0 aliphatic heterocycles. The third-order valence-corrected chi connectivity index (χ3v) is 1.71. The molecule has 0 bridgehead atoms. The minimum absolute atomic E-state index is 0.0571. The van der Waals surface area contributed by atoms with Crippen LogP contribution in [0.1, 0.15) is 27.7 Å². The number of amides is 1. The highest BCUT2D eigenvalue weighted by atomic mass is 16.6. The number of nitrogens with zero attached hydrogens (tertiary/aromatic N) is 1. The van der Waals surface area contributed by atoms with Crippen molar-refractivity contribution in [2.45, 2.75) is 39.3 Å². The number of nitrogens with one attached hydrogen (secondary N) is 1. The molecule has 1 unspecified atom stereocenters. The second-order valence-corrected chi connectivity index (χ2v) is 4.22. The number of amidine groups is 1. The number of carbonyl (C=O) groups excluding carboxylic acids is 1. The lowest BCUT2D eigenvalue weighted by atomic mass is 10.2. The van der Waals surface area contributed by atoms with Crippen LogP contribution < -0.4 is 5.73 Å². The second-order valence-electron chi connectivity index (χ2n) is 4.22. The average molecular weight is 201 g/mol. The van der Waals surface area contributed by atoms with Crippen molar-refractivity contribution in [3.63, 3.8) is 0 Å². The topological polar surface area (TPSA) is 79.4 Å². The Morgan fingerprint density at radius 1 is 1.50 bits per heavy atom. The Hall–Kier alpha value is -1.26. The minimum atomic E-state index is -0.526. The van der Waals surface area contributed by atoms with Gasteiger partial charge in [0.15, 0.2) is 0 Å². The van der Waals surface area contributed by atoms with Gasteiger partial charge in [0.05, 0.1) is 6.04 Å². The van der Waals surface area contributed by atoms with E-state index in [1.165, 1.54) is 4.90 Å². The van der Waals surface area contributed by atoms with Gasteiger partial charge in [-0.1, -0.05) is 0 Å². The van der Waals surface area contributed by atoms with Crippen LogP contribution in [0.5, 0.6) is 0 Å². The molecular formula is C9H19N3O2. The van der Waals surface area contributed by atoms with E-state index >= 15 is 0 Å². The SMILES string of the molecule is CC(C(=N)N)N(C)C(=O)OC(C)(C)C. The molecule has 0 saturated carbocycles. The summed E-state index contributed by atoms with van der Waals surface area (Å²) in [6.45, 7) is 7.04. The lowest BCUT2D eigenvalue weighted by Gasteiger charge is -2.27. The Labute approximate surface area is 84.7 Å². The molecule has 0 heterocycles. The Kier molecular flexibility index (Phi) is 3.92. The van der Waals surface area contributed by atoms with Crippen molar-refractivity contribution in [3.05, 3.63) is 0 Å². The summed E-state index contributed by atoms with van der Waals surface area (Å²) in [5, 5.41) is 7.18. The molecule has 0 radical (unpaired) electrons. The van der Waals surface area contributed by atoms with Gasteiger partial charge in [-0.05, 0) is 27.7 Å². The molecule has 1 atom stereocenters. The normalized spacial score (nSPS) is 13.2. The number of hydrogen-bond acceptors (Lipinski definition) is 3. The number of hydrogen-bond donors (Lipinski definition) is 2. The average Bonchev–Trinajstić information content (AvgIpc) is 1.98. The summed E-state index contributed by atoms with van der Waals surface area (Å²) in [5.41, 5.74) is 4.75. The maximum atomic E-state index is 11.5. The summed E-state index contributed by atoms with van der Waals surface area (Å²) < 4.78 is 5.11. The first-order chi connectivity index (χ1) is 6.15. The van der Waals surface area contributed by atoms with Gasteiger partial charge >= 0.3 is 6.09 Å². The molecule has 5 heteroatoms. The summed E-state index contributed by atoms with van der Waals surface area (Å²) in [6.07, 6.45) is -0.472. The van der Waals surface area contributed by atoms with E-state index in [9.17, 15) is 4.79 Å². The number of ether oxygens (including phenoxy) is 1. The third-order valence-electron chi connectivity index (χ3n) is 1.71. The molecule has 1 amide bonds. The van der Waals surface area contributed by atoms with Crippen LogP contribution in [0.2, 0.25) is 0 Å². The van der Waals surface area contributed by atoms with Crippen molar-refractivity contribution in [3.8, 4) is 0 Å². The van der Waals surface area contributed by atoms with Gasteiger partial charge in [0, 0.05) is 7.05 Å². The molecule has 0 rings (SSSR count). The van der Waals surface area contributed by atoms with Gasteiger partial charge < -0.3 is 15.4 Å². The van der Waals surface area contributed by atoms with Crippen LogP contribution in [0.3, 0.4) is 0 Å². The highest BCUT2D eigenvalue weighted by Crippen LogP contribution is 2.10. The van der Waals surface area contributed by atoms with E-state index in [0.717, 1.165) is 0 Å². The lowest BCUT2D eigenvalue weighted by Crippen LogP contribution is -2.45. The molecule has 0 aromatic carbocycles. The summed E-state index contributed by atoms with van der Waals surface area (Å²) >= 11 is 0. The van der Waals surface area contributed by atoms with Gasteiger partial charge in [0.25, 0.3) is 0 Å². The first kappa shape index (κ1) is 12.7. The van der Waals surface area contributed by atoms with E-state index in [0.29, 0.717) is 0 Å². The van der Waals surface area contributed by atoms with Gasteiger partial charge in [-0.2, -0.15) is 0 Å². The van der Waals surface area contributed by atoms with Crippen LogP contribution >= 0.6 is 0 Å². The smallest absolute Gasteiger partial charge is 0.410 e. The van der Waals surface area contributed by atoms with E-state index < -0.39 is 17.7 Å². The Morgan fingerprint density at radius 2 is 1.93 bits per heavy atom. The zero-order valence-corrected chi connectivity index (χ0v) is 9.42. The summed E-state index contributed by atoms with van der Waals surface area (Å²) in [7, 11) is 1.56. The highest BCUT2D eigenvalue weighted by Gasteiger charge is 2.23. The molecule has 0 aromatic heterocycles. The molecule has 3 N–H and O–H groups in total. The molecule has 0 aliphatic rings. The van der Waals surface area contributed by atoms with Crippen LogP contribution in [-0.4, -0.2) is 35.5 Å². The van der Waals surface area contributed by atoms with Crippen LogP contribution in [0.25, 0.3) is 0 Å². The molecule has 5 nitrogen and oxygen atoms in total. The van der Waals surface area contributed by atoms with Gasteiger partial charge in [-0.15, -0.1) is 0 Å². The number of likely N-dealkylation sites (N-methyl/N-ethyl adjacent to an activating group) is 1. The zero-order valence-electron chi connectivity index (χ0n) is 9.42. The molecule has 0 aliphatic carbocycles. The fourth-order valence-corrected chi connectivity index (χ4v) is 0.701. The van der Waals surface area contributed by atoms with Gasteiger partial charge in [-0.25, -0.2) is 4.79 Å².